The van der Waals surface area contributed by atoms with Crippen LogP contribution >= 0.6 is 0 Å². The second-order valence-electron chi connectivity index (χ2n) is 24.3. The van der Waals surface area contributed by atoms with Crippen LogP contribution in [0.5, 0.6) is 0 Å². The SMILES string of the molecule is CCCCCC/C=C\CCCCCCCCCC(=O)NC(COC1OC(CO)C(OC2OC(CO)C(O)C(OC3(C(=O)O)CC(O)C(NC(C)=O)C(C(O)C(O)CO)O3)C2O)C(O)C1O)C(O)CCCCCCCCCCCCCCCCCCC. The van der Waals surface area contributed by atoms with Gasteiger partial charge >= 0.3 is 5.97 Å². The highest BCUT2D eigenvalue weighted by molar-refractivity contribution is 5.77. The zero-order chi connectivity index (χ0) is 63.3. The summed E-state index contributed by atoms with van der Waals surface area (Å²) in [7, 11) is 0. The van der Waals surface area contributed by atoms with E-state index in [0.717, 1.165) is 84.0 Å². The second-order valence-corrected chi connectivity index (χ2v) is 24.3. The van der Waals surface area contributed by atoms with Crippen LogP contribution in [0.4, 0.5) is 0 Å². The largest absolute Gasteiger partial charge is 0.477 e. The number of hydrogen-bond donors (Lipinski definition) is 14. The van der Waals surface area contributed by atoms with Crippen LogP contribution in [-0.2, 0) is 42.8 Å². The summed E-state index contributed by atoms with van der Waals surface area (Å²) in [5, 5.41) is 136. The highest BCUT2D eigenvalue weighted by atomic mass is 16.8. The first kappa shape index (κ1) is 77.7. The molecule has 0 saturated carbocycles. The molecule has 3 heterocycles. The number of amides is 2. The maximum atomic E-state index is 13.4. The number of unbranched alkanes of at least 4 members (excludes halogenated alkanes) is 27. The van der Waals surface area contributed by atoms with E-state index < -0.39 is 148 Å². The third-order valence-corrected chi connectivity index (χ3v) is 17.0. The molecule has 2 amide bonds. The van der Waals surface area contributed by atoms with Crippen molar-refractivity contribution in [2.75, 3.05) is 26.4 Å². The normalized spacial score (nSPS) is 29.4. The number of ether oxygens (including phenoxy) is 6. The monoisotopic (exact) mass is 1240 g/mol. The predicted octanol–water partition coefficient (Wildman–Crippen LogP) is 4.73. The lowest BCUT2D eigenvalue weighted by Gasteiger charge is -2.50. The van der Waals surface area contributed by atoms with Crippen molar-refractivity contribution in [1.29, 1.82) is 0 Å². The Morgan fingerprint density at radius 3 is 1.58 bits per heavy atom. The molecule has 0 spiro atoms. The molecule has 86 heavy (non-hydrogen) atoms. The topological polar surface area (TPSA) is 373 Å². The summed E-state index contributed by atoms with van der Waals surface area (Å²) in [4.78, 5) is 38.5. The molecule has 3 fully saturated rings. The molecule has 0 aromatic heterocycles. The third-order valence-electron chi connectivity index (χ3n) is 17.0. The van der Waals surface area contributed by atoms with Crippen LogP contribution in [0, 0.1) is 0 Å². The number of rotatable bonds is 49. The minimum Gasteiger partial charge on any atom is -0.477 e. The molecule has 504 valence electrons. The van der Waals surface area contributed by atoms with Crippen molar-refractivity contribution in [2.45, 2.75) is 342 Å². The molecule has 23 nitrogen and oxygen atoms in total. The van der Waals surface area contributed by atoms with Crippen LogP contribution in [0.25, 0.3) is 0 Å². The summed E-state index contributed by atoms with van der Waals surface area (Å²) in [6.07, 6.45) is 10.7. The summed E-state index contributed by atoms with van der Waals surface area (Å²) in [6.45, 7) is 2.18. The summed E-state index contributed by atoms with van der Waals surface area (Å²) in [6, 6.07) is -2.53. The van der Waals surface area contributed by atoms with Gasteiger partial charge in [0, 0.05) is 19.8 Å². The Bertz CT molecular complexity index is 1810. The summed E-state index contributed by atoms with van der Waals surface area (Å²) >= 11 is 0. The van der Waals surface area contributed by atoms with Crippen molar-refractivity contribution in [3.05, 3.63) is 12.2 Å². The molecule has 3 aliphatic rings. The zero-order valence-electron chi connectivity index (χ0n) is 52.2. The van der Waals surface area contributed by atoms with Gasteiger partial charge in [0.2, 0.25) is 11.8 Å². The van der Waals surface area contributed by atoms with Gasteiger partial charge in [0.05, 0.1) is 50.7 Å². The lowest BCUT2D eigenvalue weighted by molar-refractivity contribution is -0.386. The fraction of sp³-hybridized carbons (Fsp3) is 0.921. The van der Waals surface area contributed by atoms with Crippen LogP contribution in [0.15, 0.2) is 12.2 Å². The highest BCUT2D eigenvalue weighted by Gasteiger charge is 2.60. The Labute approximate surface area is 511 Å². The third kappa shape index (κ3) is 27.9. The van der Waals surface area contributed by atoms with Gasteiger partial charge in [-0.15, -0.1) is 0 Å². The molecule has 3 rings (SSSR count). The molecule has 23 heteroatoms. The van der Waals surface area contributed by atoms with Gasteiger partial charge in [-0.05, 0) is 38.5 Å². The summed E-state index contributed by atoms with van der Waals surface area (Å²) in [5.74, 6) is -6.10. The van der Waals surface area contributed by atoms with E-state index in [2.05, 4.69) is 36.6 Å². The van der Waals surface area contributed by atoms with Crippen molar-refractivity contribution >= 4 is 17.8 Å². The quantitative estimate of drug-likeness (QED) is 0.0289. The molecule has 0 radical (unpaired) electrons. The number of carboxylic acid groups (broad SMARTS) is 1. The molecule has 0 aromatic rings. The average Bonchev–Trinajstić information content (AvgIpc) is 1.23. The van der Waals surface area contributed by atoms with Crippen LogP contribution in [0.2, 0.25) is 0 Å². The Balaban J connectivity index is 1.63. The number of carboxylic acids is 1. The van der Waals surface area contributed by atoms with E-state index in [9.17, 15) is 75.7 Å². The van der Waals surface area contributed by atoms with E-state index in [1.807, 2.05) is 0 Å². The number of carbonyl (C=O) groups is 3. The Kier molecular flexibility index (Phi) is 40.5. The predicted molar refractivity (Wildman–Crippen MR) is 320 cm³/mol. The number of allylic oxidation sites excluding steroid dienone is 2. The summed E-state index contributed by atoms with van der Waals surface area (Å²) in [5.41, 5.74) is 0. The molecule has 3 saturated heterocycles. The first-order chi connectivity index (χ1) is 41.4. The molecule has 18 unspecified atom stereocenters. The minimum absolute atomic E-state index is 0.219. The van der Waals surface area contributed by atoms with Crippen molar-refractivity contribution < 1.29 is 104 Å². The highest BCUT2D eigenvalue weighted by Crippen LogP contribution is 2.39. The lowest BCUT2D eigenvalue weighted by atomic mass is 9.88. The van der Waals surface area contributed by atoms with E-state index in [1.165, 1.54) is 103 Å². The van der Waals surface area contributed by atoms with E-state index in [0.29, 0.717) is 19.3 Å². The van der Waals surface area contributed by atoms with E-state index >= 15 is 0 Å². The molecule has 18 atom stereocenters. The fourth-order valence-electron chi connectivity index (χ4n) is 11.6. The van der Waals surface area contributed by atoms with Crippen molar-refractivity contribution in [1.82, 2.24) is 10.6 Å². The maximum Gasteiger partial charge on any atom is 0.364 e. The zero-order valence-corrected chi connectivity index (χ0v) is 52.2. The fourth-order valence-corrected chi connectivity index (χ4v) is 11.6. The van der Waals surface area contributed by atoms with E-state index in [1.54, 1.807) is 0 Å². The standard InChI is InChI=1S/C63H116N2O21/c1-4-6-8-10-12-14-16-18-20-21-23-24-26-28-30-32-34-36-45(70)44(65-50(73)37-35-33-31-29-27-25-22-19-17-15-13-11-9-7-5-2)42-81-60-55(77)54(76)57(49(41-68)83-60)84-61-56(78)59(53(75)48(40-67)82-61)86-63(62(79)80)38-46(71)51(64-43(3)69)58(85-63)52(74)47(72)39-66/h15,17,44-49,51-61,66-68,70-72,74-78H,4-14,16,18-42H2,1-3H3,(H,64,69)(H,65,73)(H,79,80)/b17-15-. The summed E-state index contributed by atoms with van der Waals surface area (Å²) < 4.78 is 34.8. The number of aliphatic hydroxyl groups is 11. The van der Waals surface area contributed by atoms with Crippen molar-refractivity contribution in [2.24, 2.45) is 0 Å². The van der Waals surface area contributed by atoms with Crippen LogP contribution in [-0.4, -0.2) is 215 Å². The molecule has 0 bridgehead atoms. The minimum atomic E-state index is -3.08. The number of aliphatic carboxylic acids is 1. The maximum absolute atomic E-state index is 13.4. The Morgan fingerprint density at radius 1 is 0.593 bits per heavy atom. The molecule has 0 aliphatic carbocycles. The van der Waals surface area contributed by atoms with Gasteiger partial charge < -0.3 is 100 Å². The molecule has 3 aliphatic heterocycles. The lowest BCUT2D eigenvalue weighted by Crippen LogP contribution is -2.70. The molecular formula is C63H116N2O21. The first-order valence-corrected chi connectivity index (χ1v) is 33.0. The molecular weight excluding hydrogens is 1120 g/mol. The average molecular weight is 1240 g/mol. The van der Waals surface area contributed by atoms with Crippen molar-refractivity contribution in [3.8, 4) is 0 Å². The molecule has 14 N–H and O–H groups in total. The number of aliphatic hydroxyl groups excluding tert-OH is 11. The number of nitrogens with one attached hydrogen (secondary N) is 2. The van der Waals surface area contributed by atoms with Gasteiger partial charge in [0.25, 0.3) is 5.79 Å². The Morgan fingerprint density at radius 2 is 1.08 bits per heavy atom. The molecule has 0 aromatic carbocycles. The van der Waals surface area contributed by atoms with Crippen LogP contribution in [0.1, 0.15) is 233 Å². The second kappa shape index (κ2) is 44.9. The van der Waals surface area contributed by atoms with Gasteiger partial charge in [0.15, 0.2) is 12.6 Å². The number of carbonyl (C=O) groups excluding carboxylic acids is 2. The van der Waals surface area contributed by atoms with Gasteiger partial charge in [-0.25, -0.2) is 4.79 Å². The van der Waals surface area contributed by atoms with Gasteiger partial charge in [-0.2, -0.15) is 0 Å². The van der Waals surface area contributed by atoms with Gasteiger partial charge in [-0.3, -0.25) is 9.59 Å². The van der Waals surface area contributed by atoms with Crippen LogP contribution in [0.3, 0.4) is 0 Å². The Hall–Kier alpha value is -2.53. The first-order valence-electron chi connectivity index (χ1n) is 33.0. The van der Waals surface area contributed by atoms with Gasteiger partial charge in [0.1, 0.15) is 67.1 Å². The van der Waals surface area contributed by atoms with Gasteiger partial charge in [-0.1, -0.05) is 187 Å². The number of hydrogen-bond acceptors (Lipinski definition) is 20. The smallest absolute Gasteiger partial charge is 0.364 e. The van der Waals surface area contributed by atoms with Crippen LogP contribution < -0.4 is 10.6 Å². The van der Waals surface area contributed by atoms with E-state index in [4.69, 9.17) is 28.4 Å². The van der Waals surface area contributed by atoms with Crippen molar-refractivity contribution in [3.63, 3.8) is 0 Å². The van der Waals surface area contributed by atoms with E-state index in [-0.39, 0.29) is 18.9 Å².